The lowest BCUT2D eigenvalue weighted by molar-refractivity contribution is 0.0950. The van der Waals surface area contributed by atoms with Crippen LogP contribution in [0.15, 0.2) is 29.2 Å². The molecule has 1 unspecified atom stereocenters. The molecule has 1 saturated heterocycles. The van der Waals surface area contributed by atoms with E-state index in [1.807, 2.05) is 0 Å². The molecule has 0 saturated carbocycles. The van der Waals surface area contributed by atoms with Gasteiger partial charge in [0, 0.05) is 31.8 Å². The van der Waals surface area contributed by atoms with Crippen molar-refractivity contribution in [3.05, 3.63) is 29.8 Å². The molecular weight excluding hydrogens is 318 g/mol. The number of benzene rings is 1. The molecule has 2 rings (SSSR count). The Kier molecular flexibility index (Phi) is 6.52. The fourth-order valence-electron chi connectivity index (χ4n) is 2.40. The molecule has 0 radical (unpaired) electrons. The van der Waals surface area contributed by atoms with E-state index in [9.17, 15) is 13.2 Å². The van der Waals surface area contributed by atoms with E-state index in [0.29, 0.717) is 24.8 Å². The van der Waals surface area contributed by atoms with E-state index in [1.165, 1.54) is 31.4 Å². The van der Waals surface area contributed by atoms with Crippen LogP contribution in [0.25, 0.3) is 0 Å². The molecule has 1 fully saturated rings. The Morgan fingerprint density at radius 1 is 1.35 bits per heavy atom. The van der Waals surface area contributed by atoms with Crippen LogP contribution in [0, 0.1) is 0 Å². The molecule has 1 amide bonds. The van der Waals surface area contributed by atoms with E-state index in [2.05, 4.69) is 15.4 Å². The number of sulfonamides is 1. The first-order chi connectivity index (χ1) is 11.0. The van der Waals surface area contributed by atoms with Crippen LogP contribution in [-0.4, -0.2) is 53.7 Å². The molecule has 0 aromatic heterocycles. The zero-order valence-electron chi connectivity index (χ0n) is 13.2. The van der Waals surface area contributed by atoms with Gasteiger partial charge in [0.05, 0.1) is 11.5 Å². The van der Waals surface area contributed by atoms with E-state index in [4.69, 9.17) is 4.74 Å². The lowest BCUT2D eigenvalue weighted by Gasteiger charge is -2.12. The third-order valence-corrected chi connectivity index (χ3v) is 5.17. The second-order valence-corrected chi connectivity index (χ2v) is 7.19. The molecule has 128 valence electrons. The highest BCUT2D eigenvalue weighted by atomic mass is 32.2. The summed E-state index contributed by atoms with van der Waals surface area (Å²) in [6.07, 6.45) is 2.19. The molecule has 7 nitrogen and oxygen atoms in total. The minimum Gasteiger partial charge on any atom is -0.383 e. The minimum atomic E-state index is -3.57. The average molecular weight is 341 g/mol. The number of nitrogens with one attached hydrogen (secondary N) is 3. The molecule has 8 heteroatoms. The molecule has 1 heterocycles. The lowest BCUT2D eigenvalue weighted by Crippen LogP contribution is -2.37. The van der Waals surface area contributed by atoms with Crippen molar-refractivity contribution in [2.45, 2.75) is 23.8 Å². The summed E-state index contributed by atoms with van der Waals surface area (Å²) in [6.45, 7) is 2.07. The van der Waals surface area contributed by atoms with Gasteiger partial charge in [0.2, 0.25) is 10.0 Å². The van der Waals surface area contributed by atoms with Crippen LogP contribution in [0.1, 0.15) is 23.2 Å². The van der Waals surface area contributed by atoms with Crippen LogP contribution in [0.2, 0.25) is 0 Å². The third kappa shape index (κ3) is 5.28. The fourth-order valence-corrected chi connectivity index (χ4v) is 3.41. The monoisotopic (exact) mass is 341 g/mol. The molecular formula is C15H23N3O4S. The zero-order valence-corrected chi connectivity index (χ0v) is 14.0. The third-order valence-electron chi connectivity index (χ3n) is 3.70. The number of methoxy groups -OCH3 is 1. The molecule has 1 aliphatic rings. The molecule has 1 aromatic rings. The van der Waals surface area contributed by atoms with Crippen LogP contribution in [0.4, 0.5) is 0 Å². The van der Waals surface area contributed by atoms with E-state index in [1.54, 1.807) is 0 Å². The summed E-state index contributed by atoms with van der Waals surface area (Å²) in [5.41, 5.74) is 0.443. The van der Waals surface area contributed by atoms with E-state index in [0.717, 1.165) is 19.4 Å². The van der Waals surface area contributed by atoms with E-state index < -0.39 is 10.0 Å². The number of carbonyl (C=O) groups excluding carboxylic acids is 1. The maximum absolute atomic E-state index is 12.1. The number of amides is 1. The number of rotatable bonds is 8. The van der Waals surface area contributed by atoms with Gasteiger partial charge < -0.3 is 15.4 Å². The molecule has 23 heavy (non-hydrogen) atoms. The van der Waals surface area contributed by atoms with Gasteiger partial charge in [-0.05, 0) is 43.7 Å². The largest absolute Gasteiger partial charge is 0.383 e. The van der Waals surface area contributed by atoms with Gasteiger partial charge >= 0.3 is 0 Å². The van der Waals surface area contributed by atoms with Gasteiger partial charge in [-0.3, -0.25) is 4.79 Å². The highest BCUT2D eigenvalue weighted by molar-refractivity contribution is 7.89. The Bertz CT molecular complexity index is 610. The van der Waals surface area contributed by atoms with Crippen LogP contribution in [0.5, 0.6) is 0 Å². The minimum absolute atomic E-state index is 0.127. The molecule has 3 N–H and O–H groups in total. The summed E-state index contributed by atoms with van der Waals surface area (Å²) >= 11 is 0. The number of ether oxygens (including phenoxy) is 1. The van der Waals surface area contributed by atoms with E-state index >= 15 is 0 Å². The quantitative estimate of drug-likeness (QED) is 0.583. The molecule has 1 aromatic carbocycles. The Balaban J connectivity index is 1.91. The molecule has 0 bridgehead atoms. The van der Waals surface area contributed by atoms with Crippen molar-refractivity contribution < 1.29 is 17.9 Å². The summed E-state index contributed by atoms with van der Waals surface area (Å²) in [6, 6.07) is 6.21. The van der Waals surface area contributed by atoms with Gasteiger partial charge in [-0.15, -0.1) is 0 Å². The Morgan fingerprint density at radius 2 is 2.09 bits per heavy atom. The Labute approximate surface area is 136 Å². The van der Waals surface area contributed by atoms with Gasteiger partial charge in [0.1, 0.15) is 0 Å². The Morgan fingerprint density at radius 3 is 2.70 bits per heavy atom. The van der Waals surface area contributed by atoms with Gasteiger partial charge in [0.25, 0.3) is 5.91 Å². The first-order valence-electron chi connectivity index (χ1n) is 7.63. The summed E-state index contributed by atoms with van der Waals surface area (Å²) in [5, 5.41) is 6.16. The van der Waals surface area contributed by atoms with Crippen molar-refractivity contribution >= 4 is 15.9 Å². The highest BCUT2D eigenvalue weighted by Crippen LogP contribution is 2.11. The molecule has 0 aliphatic carbocycles. The lowest BCUT2D eigenvalue weighted by atomic mass is 10.2. The predicted octanol–water partition coefficient (Wildman–Crippen LogP) is 0.0931. The summed E-state index contributed by atoms with van der Waals surface area (Å²) in [5.74, 6) is -0.199. The van der Waals surface area contributed by atoms with Crippen LogP contribution in [-0.2, 0) is 14.8 Å². The summed E-state index contributed by atoms with van der Waals surface area (Å²) < 4.78 is 31.3. The van der Waals surface area contributed by atoms with Crippen molar-refractivity contribution in [3.63, 3.8) is 0 Å². The van der Waals surface area contributed by atoms with E-state index in [-0.39, 0.29) is 17.3 Å². The van der Waals surface area contributed by atoms with Gasteiger partial charge in [-0.1, -0.05) is 0 Å². The van der Waals surface area contributed by atoms with Gasteiger partial charge in [0.15, 0.2) is 0 Å². The predicted molar refractivity (Wildman–Crippen MR) is 86.9 cm³/mol. The van der Waals surface area contributed by atoms with Crippen LogP contribution < -0.4 is 15.4 Å². The smallest absolute Gasteiger partial charge is 0.251 e. The normalized spacial score (nSPS) is 18.0. The summed E-state index contributed by atoms with van der Waals surface area (Å²) in [7, 11) is -2.07. The topological polar surface area (TPSA) is 96.5 Å². The Hall–Kier alpha value is -1.48. The second kappa shape index (κ2) is 8.39. The standard InChI is InChI=1S/C15H23N3O4S/c1-22-10-9-18-23(20,21)14-6-4-12(5-7-14)15(19)17-11-13-3-2-8-16-13/h4-7,13,16,18H,2-3,8-11H2,1H3,(H,17,19). The van der Waals surface area contributed by atoms with Crippen molar-refractivity contribution in [1.82, 2.24) is 15.4 Å². The highest BCUT2D eigenvalue weighted by Gasteiger charge is 2.17. The number of carbonyl (C=O) groups is 1. The second-order valence-electron chi connectivity index (χ2n) is 5.42. The maximum Gasteiger partial charge on any atom is 0.251 e. The van der Waals surface area contributed by atoms with Crippen molar-refractivity contribution in [2.75, 3.05) is 33.4 Å². The fraction of sp³-hybridized carbons (Fsp3) is 0.533. The summed E-state index contributed by atoms with van der Waals surface area (Å²) in [4.78, 5) is 12.2. The maximum atomic E-state index is 12.1. The molecule has 1 atom stereocenters. The molecule has 0 spiro atoms. The van der Waals surface area contributed by atoms with Crippen LogP contribution in [0.3, 0.4) is 0 Å². The van der Waals surface area contributed by atoms with Crippen LogP contribution >= 0.6 is 0 Å². The van der Waals surface area contributed by atoms with Gasteiger partial charge in [-0.2, -0.15) is 0 Å². The van der Waals surface area contributed by atoms with Crippen molar-refractivity contribution in [2.24, 2.45) is 0 Å². The number of hydrogen-bond acceptors (Lipinski definition) is 5. The van der Waals surface area contributed by atoms with Gasteiger partial charge in [-0.25, -0.2) is 13.1 Å². The first kappa shape index (κ1) is 17.9. The SMILES string of the molecule is COCCNS(=O)(=O)c1ccc(C(=O)NCC2CCCN2)cc1. The zero-order chi connectivity index (χ0) is 16.7. The molecule has 1 aliphatic heterocycles. The van der Waals surface area contributed by atoms with Crippen molar-refractivity contribution in [1.29, 1.82) is 0 Å². The first-order valence-corrected chi connectivity index (χ1v) is 9.11. The number of hydrogen-bond donors (Lipinski definition) is 3. The average Bonchev–Trinajstić information content (AvgIpc) is 3.06. The van der Waals surface area contributed by atoms with Crippen molar-refractivity contribution in [3.8, 4) is 0 Å².